The Morgan fingerprint density at radius 1 is 1.10 bits per heavy atom. The lowest BCUT2D eigenvalue weighted by atomic mass is 9.97. The summed E-state index contributed by atoms with van der Waals surface area (Å²) >= 11 is 5.95. The van der Waals surface area contributed by atoms with E-state index in [2.05, 4.69) is 20.4 Å². The number of hydrogen-bond donors (Lipinski definition) is 1. The molecular weight excluding hydrogens is 412 g/mol. The number of rotatable bonds is 6. The zero-order valence-electron chi connectivity index (χ0n) is 17.4. The van der Waals surface area contributed by atoms with Gasteiger partial charge in [0.1, 0.15) is 5.75 Å². The molecule has 4 rings (SSSR count). The zero-order valence-corrected chi connectivity index (χ0v) is 18.2. The summed E-state index contributed by atoms with van der Waals surface area (Å²) in [5.74, 6) is 1.61. The van der Waals surface area contributed by atoms with Gasteiger partial charge in [-0.25, -0.2) is 0 Å². The number of carbonyl (C=O) groups excluding carboxylic acids is 1. The van der Waals surface area contributed by atoms with Crippen molar-refractivity contribution in [3.63, 3.8) is 0 Å². The predicted molar refractivity (Wildman–Crippen MR) is 122 cm³/mol. The molecule has 1 saturated heterocycles. The molecule has 1 atom stereocenters. The summed E-state index contributed by atoms with van der Waals surface area (Å²) in [7, 11) is 1.64. The normalized spacial score (nSPS) is 16.1. The molecule has 7 heteroatoms. The molecule has 2 aromatic carbocycles. The third-order valence-electron chi connectivity index (χ3n) is 5.53. The fraction of sp³-hybridized carbons (Fsp3) is 0.292. The van der Waals surface area contributed by atoms with Gasteiger partial charge in [-0.2, -0.15) is 0 Å². The van der Waals surface area contributed by atoms with Crippen molar-refractivity contribution in [3.8, 4) is 17.0 Å². The number of nitrogens with zero attached hydrogens (tertiary/aromatic N) is 3. The first-order valence-electron chi connectivity index (χ1n) is 10.4. The van der Waals surface area contributed by atoms with Crippen molar-refractivity contribution >= 4 is 23.3 Å². The van der Waals surface area contributed by atoms with Crippen molar-refractivity contribution in [2.24, 2.45) is 5.92 Å². The molecule has 1 unspecified atom stereocenters. The van der Waals surface area contributed by atoms with Crippen molar-refractivity contribution in [1.82, 2.24) is 15.5 Å². The Labute approximate surface area is 187 Å². The first-order chi connectivity index (χ1) is 15.1. The fourth-order valence-corrected chi connectivity index (χ4v) is 3.87. The average Bonchev–Trinajstić information content (AvgIpc) is 2.83. The van der Waals surface area contributed by atoms with Gasteiger partial charge in [0.2, 0.25) is 5.91 Å². The molecule has 1 N–H and O–H groups in total. The summed E-state index contributed by atoms with van der Waals surface area (Å²) in [6.07, 6.45) is 1.82. The second-order valence-electron chi connectivity index (χ2n) is 7.63. The molecule has 1 fully saturated rings. The predicted octanol–water partition coefficient (Wildman–Crippen LogP) is 4.34. The van der Waals surface area contributed by atoms with Gasteiger partial charge in [-0.05, 0) is 54.8 Å². The van der Waals surface area contributed by atoms with Crippen molar-refractivity contribution < 1.29 is 9.53 Å². The highest BCUT2D eigenvalue weighted by Gasteiger charge is 2.26. The van der Waals surface area contributed by atoms with Crippen LogP contribution in [0.15, 0.2) is 60.7 Å². The van der Waals surface area contributed by atoms with E-state index in [1.165, 1.54) is 0 Å². The van der Waals surface area contributed by atoms with Crippen LogP contribution in [0.3, 0.4) is 0 Å². The molecule has 1 aliphatic heterocycles. The maximum absolute atomic E-state index is 12.7. The van der Waals surface area contributed by atoms with E-state index in [9.17, 15) is 4.79 Å². The largest absolute Gasteiger partial charge is 0.497 e. The molecule has 1 amide bonds. The number of amides is 1. The van der Waals surface area contributed by atoms with Crippen LogP contribution in [0.4, 0.5) is 5.82 Å². The zero-order chi connectivity index (χ0) is 21.6. The van der Waals surface area contributed by atoms with Gasteiger partial charge in [0, 0.05) is 30.2 Å². The van der Waals surface area contributed by atoms with Crippen molar-refractivity contribution in [2.75, 3.05) is 25.1 Å². The van der Waals surface area contributed by atoms with E-state index in [-0.39, 0.29) is 11.8 Å². The van der Waals surface area contributed by atoms with Crippen LogP contribution in [0, 0.1) is 5.92 Å². The second-order valence-corrected chi connectivity index (χ2v) is 8.07. The van der Waals surface area contributed by atoms with Gasteiger partial charge in [-0.15, -0.1) is 10.2 Å². The molecule has 0 saturated carbocycles. The number of nitrogens with one attached hydrogen (secondary N) is 1. The number of methoxy groups -OCH3 is 1. The first kappa shape index (κ1) is 21.1. The lowest BCUT2D eigenvalue weighted by Crippen LogP contribution is -2.43. The van der Waals surface area contributed by atoms with E-state index in [1.807, 2.05) is 60.7 Å². The number of carbonyl (C=O) groups is 1. The van der Waals surface area contributed by atoms with Gasteiger partial charge in [-0.1, -0.05) is 35.9 Å². The minimum atomic E-state index is -0.0651. The van der Waals surface area contributed by atoms with Gasteiger partial charge in [0.05, 0.1) is 18.7 Å². The Morgan fingerprint density at radius 2 is 1.87 bits per heavy atom. The number of halogens is 1. The van der Waals surface area contributed by atoms with Crippen LogP contribution in [0.25, 0.3) is 11.3 Å². The van der Waals surface area contributed by atoms with E-state index in [4.69, 9.17) is 16.3 Å². The molecular formula is C24H25ClN4O2. The Morgan fingerprint density at radius 3 is 2.55 bits per heavy atom. The number of hydrogen-bond acceptors (Lipinski definition) is 5. The van der Waals surface area contributed by atoms with E-state index in [1.54, 1.807) is 7.11 Å². The Kier molecular flexibility index (Phi) is 6.67. The van der Waals surface area contributed by atoms with E-state index < -0.39 is 0 Å². The minimum Gasteiger partial charge on any atom is -0.497 e. The van der Waals surface area contributed by atoms with Crippen LogP contribution in [-0.4, -0.2) is 36.3 Å². The maximum atomic E-state index is 12.7. The number of aromatic nitrogens is 2. The Balaban J connectivity index is 1.35. The fourth-order valence-electron chi connectivity index (χ4n) is 3.74. The van der Waals surface area contributed by atoms with E-state index in [0.29, 0.717) is 18.1 Å². The molecule has 6 nitrogen and oxygen atoms in total. The monoisotopic (exact) mass is 436 g/mol. The van der Waals surface area contributed by atoms with Crippen LogP contribution in [0.5, 0.6) is 5.75 Å². The highest BCUT2D eigenvalue weighted by atomic mass is 35.5. The molecule has 1 aromatic heterocycles. The maximum Gasteiger partial charge on any atom is 0.225 e. The van der Waals surface area contributed by atoms with Crippen molar-refractivity contribution in [1.29, 1.82) is 0 Å². The summed E-state index contributed by atoms with van der Waals surface area (Å²) in [6.45, 7) is 2.02. The number of anilines is 1. The third kappa shape index (κ3) is 5.33. The van der Waals surface area contributed by atoms with E-state index >= 15 is 0 Å². The minimum absolute atomic E-state index is 0.0651. The quantitative estimate of drug-likeness (QED) is 0.622. The average molecular weight is 437 g/mol. The van der Waals surface area contributed by atoms with Crippen molar-refractivity contribution in [3.05, 3.63) is 71.2 Å². The summed E-state index contributed by atoms with van der Waals surface area (Å²) in [5, 5.41) is 12.5. The highest BCUT2D eigenvalue weighted by molar-refractivity contribution is 6.30. The Bertz CT molecular complexity index is 1010. The number of ether oxygens (including phenoxy) is 1. The molecule has 2 heterocycles. The molecule has 3 aromatic rings. The van der Waals surface area contributed by atoms with E-state index in [0.717, 1.165) is 47.8 Å². The van der Waals surface area contributed by atoms with Gasteiger partial charge < -0.3 is 15.0 Å². The summed E-state index contributed by atoms with van der Waals surface area (Å²) in [6, 6.07) is 19.2. The number of piperidine rings is 1. The smallest absolute Gasteiger partial charge is 0.225 e. The standard InChI is InChI=1S/C24H25ClN4O2/c1-31-21-10-4-17(5-11-21)15-26-24(30)19-3-2-14-29(16-19)23-13-12-22(27-28-23)18-6-8-20(25)9-7-18/h4-13,19H,2-3,14-16H2,1H3,(H,26,30). The van der Waals surface area contributed by atoms with Gasteiger partial charge in [-0.3, -0.25) is 4.79 Å². The molecule has 0 radical (unpaired) electrons. The lowest BCUT2D eigenvalue weighted by Gasteiger charge is -2.32. The van der Waals surface area contributed by atoms with Crippen LogP contribution < -0.4 is 15.0 Å². The summed E-state index contributed by atoms with van der Waals surface area (Å²) in [5.41, 5.74) is 2.81. The molecule has 31 heavy (non-hydrogen) atoms. The Hall–Kier alpha value is -3.12. The molecule has 0 spiro atoms. The lowest BCUT2D eigenvalue weighted by molar-refractivity contribution is -0.125. The van der Waals surface area contributed by atoms with Crippen LogP contribution in [0.2, 0.25) is 5.02 Å². The first-order valence-corrected chi connectivity index (χ1v) is 10.8. The number of benzene rings is 2. The summed E-state index contributed by atoms with van der Waals surface area (Å²) < 4.78 is 5.17. The van der Waals surface area contributed by atoms with Crippen LogP contribution in [-0.2, 0) is 11.3 Å². The third-order valence-corrected chi connectivity index (χ3v) is 5.78. The topological polar surface area (TPSA) is 67.3 Å². The molecule has 1 aliphatic rings. The van der Waals surface area contributed by atoms with Crippen LogP contribution in [0.1, 0.15) is 18.4 Å². The van der Waals surface area contributed by atoms with Gasteiger partial charge in [0.15, 0.2) is 5.82 Å². The van der Waals surface area contributed by atoms with Crippen molar-refractivity contribution in [2.45, 2.75) is 19.4 Å². The van der Waals surface area contributed by atoms with Gasteiger partial charge in [0.25, 0.3) is 0 Å². The SMILES string of the molecule is COc1ccc(CNC(=O)C2CCCN(c3ccc(-c4ccc(Cl)cc4)nn3)C2)cc1. The molecule has 0 bridgehead atoms. The van der Waals surface area contributed by atoms with Gasteiger partial charge >= 0.3 is 0 Å². The molecule has 160 valence electrons. The highest BCUT2D eigenvalue weighted by Crippen LogP contribution is 2.24. The molecule has 0 aliphatic carbocycles. The second kappa shape index (κ2) is 9.79. The van der Waals surface area contributed by atoms with Crippen LogP contribution >= 0.6 is 11.6 Å². The summed E-state index contributed by atoms with van der Waals surface area (Å²) in [4.78, 5) is 14.9.